The van der Waals surface area contributed by atoms with Crippen molar-refractivity contribution in [3.63, 3.8) is 0 Å². The summed E-state index contributed by atoms with van der Waals surface area (Å²) in [4.78, 5) is 16.5. The van der Waals surface area contributed by atoms with Gasteiger partial charge in [-0.1, -0.05) is 17.7 Å². The fourth-order valence-electron chi connectivity index (χ4n) is 3.01. The molecule has 1 N–H and O–H groups in total. The van der Waals surface area contributed by atoms with Gasteiger partial charge in [0, 0.05) is 30.9 Å². The molecule has 0 aliphatic carbocycles. The molecule has 1 heterocycles. The van der Waals surface area contributed by atoms with Crippen LogP contribution in [0.1, 0.15) is 33.3 Å². The topological polar surface area (TPSA) is 43.8 Å². The number of hydrogen-bond acceptors (Lipinski definition) is 3. The van der Waals surface area contributed by atoms with Crippen LogP contribution >= 0.6 is 0 Å². The average molecular weight is 290 g/mol. The zero-order valence-electron chi connectivity index (χ0n) is 13.6. The number of carbonyl (C=O) groups is 1. The van der Waals surface area contributed by atoms with Crippen molar-refractivity contribution in [1.82, 2.24) is 4.90 Å². The van der Waals surface area contributed by atoms with Crippen molar-refractivity contribution in [2.45, 2.75) is 52.3 Å². The largest absolute Gasteiger partial charge is 0.381 e. The predicted molar refractivity (Wildman–Crippen MR) is 85.5 cm³/mol. The van der Waals surface area contributed by atoms with Crippen molar-refractivity contribution in [1.29, 1.82) is 0 Å². The lowest BCUT2D eigenvalue weighted by Crippen LogP contribution is -2.62. The Kier molecular flexibility index (Phi) is 4.28. The molecule has 21 heavy (non-hydrogen) atoms. The summed E-state index contributed by atoms with van der Waals surface area (Å²) in [5.41, 5.74) is 1.12. The molecule has 116 valence electrons. The van der Waals surface area contributed by atoms with Gasteiger partial charge in [0.15, 0.2) is 0 Å². The molecule has 1 saturated heterocycles. The van der Waals surface area contributed by atoms with Crippen molar-refractivity contribution >= 4 is 11.6 Å². The Bertz CT molecular complexity index is 493. The lowest BCUT2D eigenvalue weighted by molar-refractivity contribution is -0.153. The molecule has 2 unspecified atom stereocenters. The quantitative estimate of drug-likeness (QED) is 0.908. The number of aryl methyl sites for hydroxylation is 1. The highest BCUT2D eigenvalue weighted by molar-refractivity contribution is 5.85. The molecule has 1 aromatic rings. The molecule has 4 heteroatoms. The van der Waals surface area contributed by atoms with E-state index in [4.69, 9.17) is 0 Å². The summed E-state index contributed by atoms with van der Waals surface area (Å²) < 4.78 is 0. The Hall–Kier alpha value is -1.55. The van der Waals surface area contributed by atoms with E-state index in [0.29, 0.717) is 0 Å². The molecule has 0 saturated carbocycles. The van der Waals surface area contributed by atoms with Crippen LogP contribution in [0, 0.1) is 6.92 Å². The number of benzene rings is 1. The summed E-state index contributed by atoms with van der Waals surface area (Å²) in [6.45, 7) is 10.8. The molecule has 0 aromatic heterocycles. The summed E-state index contributed by atoms with van der Waals surface area (Å²) in [6, 6.07) is 8.63. The van der Waals surface area contributed by atoms with E-state index in [-0.39, 0.29) is 18.0 Å². The number of hydrogen-bond donors (Lipinski definition) is 1. The van der Waals surface area contributed by atoms with Crippen LogP contribution in [0.3, 0.4) is 0 Å². The predicted octanol–water partition coefficient (Wildman–Crippen LogP) is 2.19. The monoisotopic (exact) mass is 290 g/mol. The van der Waals surface area contributed by atoms with E-state index in [2.05, 4.69) is 36.1 Å². The van der Waals surface area contributed by atoms with Crippen molar-refractivity contribution < 1.29 is 9.90 Å². The molecule has 1 aliphatic heterocycles. The molecule has 1 aromatic carbocycles. The highest BCUT2D eigenvalue weighted by Gasteiger charge is 2.38. The second kappa shape index (κ2) is 5.68. The summed E-state index contributed by atoms with van der Waals surface area (Å²) in [7, 11) is 0. The number of piperazine rings is 1. The van der Waals surface area contributed by atoms with Gasteiger partial charge in [0.2, 0.25) is 0 Å². The fraction of sp³-hybridized carbons (Fsp3) is 0.588. The van der Waals surface area contributed by atoms with Gasteiger partial charge in [0.1, 0.15) is 5.60 Å². The first-order valence-electron chi connectivity index (χ1n) is 7.57. The summed E-state index contributed by atoms with van der Waals surface area (Å²) >= 11 is 0. The highest BCUT2D eigenvalue weighted by atomic mass is 16.3. The number of nitrogens with zero attached hydrogens (tertiary/aromatic N) is 2. The third-order valence-electron chi connectivity index (χ3n) is 4.08. The molecular formula is C17H26N2O2. The van der Waals surface area contributed by atoms with Gasteiger partial charge >= 0.3 is 0 Å². The fourth-order valence-corrected chi connectivity index (χ4v) is 3.01. The van der Waals surface area contributed by atoms with E-state index in [1.54, 1.807) is 13.8 Å². The maximum Gasteiger partial charge on any atom is 0.254 e. The van der Waals surface area contributed by atoms with Crippen molar-refractivity contribution in [2.75, 3.05) is 18.0 Å². The van der Waals surface area contributed by atoms with Crippen LogP contribution in [-0.4, -0.2) is 46.7 Å². The first-order chi connectivity index (χ1) is 9.70. The van der Waals surface area contributed by atoms with Gasteiger partial charge in [0.25, 0.3) is 5.91 Å². The molecule has 2 rings (SSSR count). The number of anilines is 1. The molecule has 1 fully saturated rings. The molecule has 2 atom stereocenters. The minimum Gasteiger partial charge on any atom is -0.381 e. The van der Waals surface area contributed by atoms with E-state index in [1.807, 2.05) is 18.7 Å². The molecule has 0 radical (unpaired) electrons. The minimum absolute atomic E-state index is 0.0778. The van der Waals surface area contributed by atoms with Gasteiger partial charge in [-0.05, 0) is 46.8 Å². The molecule has 4 nitrogen and oxygen atoms in total. The lowest BCUT2D eigenvalue weighted by Gasteiger charge is -2.47. The maximum atomic E-state index is 12.4. The Balaban J connectivity index is 2.15. The zero-order valence-corrected chi connectivity index (χ0v) is 13.6. The van der Waals surface area contributed by atoms with Crippen LogP contribution in [0.4, 0.5) is 5.69 Å². The van der Waals surface area contributed by atoms with Crippen molar-refractivity contribution in [3.05, 3.63) is 29.8 Å². The van der Waals surface area contributed by atoms with Gasteiger partial charge in [-0.25, -0.2) is 0 Å². The normalized spacial score (nSPS) is 23.3. The Morgan fingerprint density at radius 2 is 1.62 bits per heavy atom. The van der Waals surface area contributed by atoms with E-state index in [1.165, 1.54) is 11.3 Å². The van der Waals surface area contributed by atoms with Gasteiger partial charge < -0.3 is 14.9 Å². The van der Waals surface area contributed by atoms with Crippen LogP contribution < -0.4 is 4.90 Å². The van der Waals surface area contributed by atoms with Gasteiger partial charge in [-0.15, -0.1) is 0 Å². The number of amides is 1. The van der Waals surface area contributed by atoms with Gasteiger partial charge in [-0.3, -0.25) is 4.79 Å². The number of aliphatic hydroxyl groups is 1. The van der Waals surface area contributed by atoms with Crippen LogP contribution in [0.25, 0.3) is 0 Å². The molecule has 0 bridgehead atoms. The van der Waals surface area contributed by atoms with E-state index in [0.717, 1.165) is 13.1 Å². The lowest BCUT2D eigenvalue weighted by atomic mass is 10.0. The Labute approximate surface area is 127 Å². The SMILES string of the molecule is Cc1ccc(N2CC(C)N(C(=O)C(C)(C)O)C(C)C2)cc1. The summed E-state index contributed by atoms with van der Waals surface area (Å²) in [6.07, 6.45) is 0. The smallest absolute Gasteiger partial charge is 0.254 e. The Morgan fingerprint density at radius 3 is 2.05 bits per heavy atom. The summed E-state index contributed by atoms with van der Waals surface area (Å²) in [5, 5.41) is 9.98. The minimum atomic E-state index is -1.31. The maximum absolute atomic E-state index is 12.4. The third-order valence-corrected chi connectivity index (χ3v) is 4.08. The van der Waals surface area contributed by atoms with E-state index < -0.39 is 5.60 Å². The third kappa shape index (κ3) is 3.38. The Morgan fingerprint density at radius 1 is 1.14 bits per heavy atom. The molecular weight excluding hydrogens is 264 g/mol. The first-order valence-corrected chi connectivity index (χ1v) is 7.57. The van der Waals surface area contributed by atoms with Crippen molar-refractivity contribution in [3.8, 4) is 0 Å². The first kappa shape index (κ1) is 15.8. The van der Waals surface area contributed by atoms with E-state index >= 15 is 0 Å². The number of rotatable bonds is 2. The van der Waals surface area contributed by atoms with Crippen LogP contribution in [0.5, 0.6) is 0 Å². The second-order valence-electron chi connectivity index (χ2n) is 6.71. The van der Waals surface area contributed by atoms with Crippen LogP contribution in [-0.2, 0) is 4.79 Å². The average Bonchev–Trinajstić information content (AvgIpc) is 2.37. The highest BCUT2D eigenvalue weighted by Crippen LogP contribution is 2.25. The van der Waals surface area contributed by atoms with Gasteiger partial charge in [-0.2, -0.15) is 0 Å². The van der Waals surface area contributed by atoms with E-state index in [9.17, 15) is 9.90 Å². The second-order valence-corrected chi connectivity index (χ2v) is 6.71. The van der Waals surface area contributed by atoms with Crippen LogP contribution in [0.2, 0.25) is 0 Å². The zero-order chi connectivity index (χ0) is 15.8. The standard InChI is InChI=1S/C17H26N2O2/c1-12-6-8-15(9-7-12)18-10-13(2)19(14(3)11-18)16(20)17(4,5)21/h6-9,13-14,21H,10-11H2,1-5H3. The van der Waals surface area contributed by atoms with Crippen LogP contribution in [0.15, 0.2) is 24.3 Å². The summed E-state index contributed by atoms with van der Waals surface area (Å²) in [5.74, 6) is -0.189. The number of carbonyl (C=O) groups excluding carboxylic acids is 1. The van der Waals surface area contributed by atoms with Crippen molar-refractivity contribution in [2.24, 2.45) is 0 Å². The van der Waals surface area contributed by atoms with Gasteiger partial charge in [0.05, 0.1) is 0 Å². The molecule has 1 amide bonds. The molecule has 0 spiro atoms. The molecule has 1 aliphatic rings.